The molecule has 0 radical (unpaired) electrons. The molecule has 0 spiro atoms. The highest BCUT2D eigenvalue weighted by molar-refractivity contribution is 6.46. The Morgan fingerprint density at radius 1 is 1.11 bits per heavy atom. The minimum atomic E-state index is -0.728. The van der Waals surface area contributed by atoms with E-state index < -0.39 is 17.7 Å². The summed E-state index contributed by atoms with van der Waals surface area (Å²) >= 11 is 0. The summed E-state index contributed by atoms with van der Waals surface area (Å²) in [6.07, 6.45) is 0. The van der Waals surface area contributed by atoms with Crippen molar-refractivity contribution in [2.24, 2.45) is 0 Å². The predicted octanol–water partition coefficient (Wildman–Crippen LogP) is 2.48. The molecular weight excluding hydrogens is 350 g/mol. The number of likely N-dealkylation sites (N-methyl/N-ethyl adjacent to an activating group) is 1. The molecule has 1 fully saturated rings. The summed E-state index contributed by atoms with van der Waals surface area (Å²) in [7, 11) is 3.09. The van der Waals surface area contributed by atoms with Crippen LogP contribution in [0.5, 0.6) is 17.2 Å². The van der Waals surface area contributed by atoms with Gasteiger partial charge in [-0.15, -0.1) is 0 Å². The molecule has 0 bridgehead atoms. The number of amides is 1. The fraction of sp³-hybridized carbons (Fsp3) is 0.200. The van der Waals surface area contributed by atoms with Crippen molar-refractivity contribution in [2.45, 2.75) is 6.04 Å². The minimum Gasteiger partial charge on any atom is -0.507 e. The first kappa shape index (κ1) is 17.0. The number of likely N-dealkylation sites (tertiary alicyclic amines) is 1. The lowest BCUT2D eigenvalue weighted by molar-refractivity contribution is -0.139. The Labute approximate surface area is 155 Å². The van der Waals surface area contributed by atoms with Crippen LogP contribution in [0.2, 0.25) is 0 Å². The fourth-order valence-electron chi connectivity index (χ4n) is 3.32. The zero-order valence-electron chi connectivity index (χ0n) is 14.8. The largest absolute Gasteiger partial charge is 0.507 e. The van der Waals surface area contributed by atoms with E-state index in [0.29, 0.717) is 28.4 Å². The molecule has 138 valence electrons. The van der Waals surface area contributed by atoms with E-state index in [1.807, 2.05) is 0 Å². The average Bonchev–Trinajstić information content (AvgIpc) is 3.25. The van der Waals surface area contributed by atoms with Crippen LogP contribution in [0.15, 0.2) is 48.0 Å². The molecule has 2 aliphatic heterocycles. The van der Waals surface area contributed by atoms with Crippen LogP contribution in [-0.2, 0) is 9.59 Å². The maximum absolute atomic E-state index is 12.6. The average molecular weight is 367 g/mol. The van der Waals surface area contributed by atoms with Crippen LogP contribution in [0, 0.1) is 0 Å². The molecule has 7 nitrogen and oxygen atoms in total. The van der Waals surface area contributed by atoms with Gasteiger partial charge in [-0.05, 0) is 35.9 Å². The summed E-state index contributed by atoms with van der Waals surface area (Å²) < 4.78 is 15.7. The molecule has 0 aromatic heterocycles. The number of carbonyl (C=O) groups excluding carboxylic acids is 2. The van der Waals surface area contributed by atoms with Crippen LogP contribution in [0.3, 0.4) is 0 Å². The first-order valence-electron chi connectivity index (χ1n) is 8.30. The summed E-state index contributed by atoms with van der Waals surface area (Å²) in [4.78, 5) is 26.2. The van der Waals surface area contributed by atoms with Crippen molar-refractivity contribution in [3.63, 3.8) is 0 Å². The number of aliphatic hydroxyl groups is 1. The SMILES string of the molecule is COc1ccc(C2/C(=C(\O)c3ccc4c(c3)OCO4)C(=O)C(=O)N2C)cc1. The van der Waals surface area contributed by atoms with Crippen LogP contribution >= 0.6 is 0 Å². The van der Waals surface area contributed by atoms with Gasteiger partial charge in [0.2, 0.25) is 6.79 Å². The van der Waals surface area contributed by atoms with E-state index in [1.54, 1.807) is 49.6 Å². The summed E-state index contributed by atoms with van der Waals surface area (Å²) in [5.74, 6) is 0.0472. The molecule has 0 aliphatic carbocycles. The topological polar surface area (TPSA) is 85.3 Å². The van der Waals surface area contributed by atoms with Crippen molar-refractivity contribution < 1.29 is 28.9 Å². The number of nitrogens with zero attached hydrogens (tertiary/aromatic N) is 1. The lowest BCUT2D eigenvalue weighted by Gasteiger charge is -2.21. The van der Waals surface area contributed by atoms with Gasteiger partial charge in [-0.25, -0.2) is 0 Å². The van der Waals surface area contributed by atoms with Gasteiger partial charge in [0.25, 0.3) is 11.7 Å². The zero-order chi connectivity index (χ0) is 19.1. The van der Waals surface area contributed by atoms with Crippen LogP contribution in [0.25, 0.3) is 5.76 Å². The Bertz CT molecular complexity index is 963. The molecule has 1 saturated heterocycles. The number of fused-ring (bicyclic) bond motifs is 1. The first-order chi connectivity index (χ1) is 13.0. The zero-order valence-corrected chi connectivity index (χ0v) is 14.8. The highest BCUT2D eigenvalue weighted by Crippen LogP contribution is 2.40. The van der Waals surface area contributed by atoms with Crippen LogP contribution < -0.4 is 14.2 Å². The second-order valence-corrected chi connectivity index (χ2v) is 6.25. The second kappa shape index (κ2) is 6.35. The van der Waals surface area contributed by atoms with Crippen molar-refractivity contribution in [3.05, 3.63) is 59.2 Å². The number of rotatable bonds is 3. The van der Waals surface area contributed by atoms with Gasteiger partial charge in [0.1, 0.15) is 11.5 Å². The molecule has 4 rings (SSSR count). The lowest BCUT2D eigenvalue weighted by Crippen LogP contribution is -2.24. The Hall–Kier alpha value is -3.48. The van der Waals surface area contributed by atoms with E-state index in [1.165, 1.54) is 11.9 Å². The Morgan fingerprint density at radius 3 is 2.52 bits per heavy atom. The summed E-state index contributed by atoms with van der Waals surface area (Å²) in [6.45, 7) is 0.102. The Kier molecular flexibility index (Phi) is 3.99. The summed E-state index contributed by atoms with van der Waals surface area (Å²) in [5, 5.41) is 10.8. The molecule has 1 unspecified atom stereocenters. The van der Waals surface area contributed by atoms with Gasteiger partial charge in [-0.2, -0.15) is 0 Å². The normalized spacial score (nSPS) is 20.2. The molecule has 1 N–H and O–H groups in total. The van der Waals surface area contributed by atoms with Crippen molar-refractivity contribution in [1.82, 2.24) is 4.90 Å². The van der Waals surface area contributed by atoms with Gasteiger partial charge >= 0.3 is 0 Å². The highest BCUT2D eigenvalue weighted by Gasteiger charge is 2.44. The van der Waals surface area contributed by atoms with Crippen LogP contribution in [0.4, 0.5) is 0 Å². The van der Waals surface area contributed by atoms with Crippen LogP contribution in [-0.4, -0.2) is 42.6 Å². The summed E-state index contributed by atoms with van der Waals surface area (Å²) in [5.41, 5.74) is 1.11. The number of carbonyl (C=O) groups is 2. The van der Waals surface area contributed by atoms with Gasteiger partial charge in [0.15, 0.2) is 11.5 Å². The molecule has 2 heterocycles. The third-order valence-corrected chi connectivity index (χ3v) is 4.75. The quantitative estimate of drug-likeness (QED) is 0.510. The number of methoxy groups -OCH3 is 1. The molecule has 0 saturated carbocycles. The molecule has 27 heavy (non-hydrogen) atoms. The van der Waals surface area contributed by atoms with E-state index in [-0.39, 0.29) is 18.1 Å². The number of Topliss-reactive ketones (excluding diaryl/α,β-unsaturated/α-hetero) is 1. The standard InChI is InChI=1S/C20H17NO6/c1-21-17(11-3-6-13(25-2)7-4-11)16(19(23)20(21)24)18(22)12-5-8-14-15(9-12)27-10-26-14/h3-9,17,22H,10H2,1-2H3/b18-16+. The fourth-order valence-corrected chi connectivity index (χ4v) is 3.32. The predicted molar refractivity (Wildman–Crippen MR) is 95.6 cm³/mol. The monoisotopic (exact) mass is 367 g/mol. The molecule has 1 amide bonds. The van der Waals surface area contributed by atoms with Gasteiger partial charge in [-0.1, -0.05) is 12.1 Å². The maximum atomic E-state index is 12.6. The molecular formula is C20H17NO6. The first-order valence-corrected chi connectivity index (χ1v) is 8.30. The van der Waals surface area contributed by atoms with Crippen LogP contribution in [0.1, 0.15) is 17.2 Å². The molecule has 1 atom stereocenters. The third kappa shape index (κ3) is 2.68. The number of hydrogen-bond acceptors (Lipinski definition) is 6. The highest BCUT2D eigenvalue weighted by atomic mass is 16.7. The molecule has 2 aliphatic rings. The van der Waals surface area contributed by atoms with Gasteiger partial charge in [0.05, 0.1) is 18.7 Å². The van der Waals surface area contributed by atoms with Crippen molar-refractivity contribution in [1.29, 1.82) is 0 Å². The van der Waals surface area contributed by atoms with E-state index in [0.717, 1.165) is 0 Å². The molecule has 7 heteroatoms. The van der Waals surface area contributed by atoms with Gasteiger partial charge in [-0.3, -0.25) is 9.59 Å². The number of aliphatic hydroxyl groups excluding tert-OH is 1. The second-order valence-electron chi connectivity index (χ2n) is 6.25. The third-order valence-electron chi connectivity index (χ3n) is 4.75. The maximum Gasteiger partial charge on any atom is 0.295 e. The minimum absolute atomic E-state index is 0.0338. The van der Waals surface area contributed by atoms with Gasteiger partial charge < -0.3 is 24.2 Å². The smallest absolute Gasteiger partial charge is 0.295 e. The van der Waals surface area contributed by atoms with E-state index in [9.17, 15) is 14.7 Å². The van der Waals surface area contributed by atoms with Crippen molar-refractivity contribution in [3.8, 4) is 17.2 Å². The van der Waals surface area contributed by atoms with E-state index in [2.05, 4.69) is 0 Å². The van der Waals surface area contributed by atoms with E-state index in [4.69, 9.17) is 14.2 Å². The lowest BCUT2D eigenvalue weighted by atomic mass is 9.95. The number of hydrogen-bond donors (Lipinski definition) is 1. The Balaban J connectivity index is 1.82. The number of ketones is 1. The van der Waals surface area contributed by atoms with E-state index >= 15 is 0 Å². The summed E-state index contributed by atoms with van der Waals surface area (Å²) in [6, 6.07) is 11.2. The molecule has 2 aromatic carbocycles. The number of ether oxygens (including phenoxy) is 3. The molecule has 2 aromatic rings. The Morgan fingerprint density at radius 2 is 1.81 bits per heavy atom. The van der Waals surface area contributed by atoms with Gasteiger partial charge in [0, 0.05) is 12.6 Å². The van der Waals surface area contributed by atoms with Crippen molar-refractivity contribution >= 4 is 17.4 Å². The number of benzene rings is 2. The van der Waals surface area contributed by atoms with Crippen molar-refractivity contribution in [2.75, 3.05) is 21.0 Å².